The van der Waals surface area contributed by atoms with Gasteiger partial charge in [0.25, 0.3) is 0 Å². The molecule has 1 aliphatic heterocycles. The molecule has 4 nitrogen and oxygen atoms in total. The minimum absolute atomic E-state index is 0.153. The molecule has 1 atom stereocenters. The lowest BCUT2D eigenvalue weighted by Crippen LogP contribution is -2.40. The lowest BCUT2D eigenvalue weighted by molar-refractivity contribution is -0.129. The number of imide groups is 1. The van der Waals surface area contributed by atoms with E-state index in [1.807, 2.05) is 13.8 Å². The molecule has 0 saturated heterocycles. The average Bonchev–Trinajstić information content (AvgIpc) is 2.26. The number of amides is 3. The molecule has 1 unspecified atom stereocenters. The van der Waals surface area contributed by atoms with Crippen molar-refractivity contribution >= 4 is 11.9 Å². The van der Waals surface area contributed by atoms with Gasteiger partial charge < -0.3 is 5.73 Å². The van der Waals surface area contributed by atoms with Crippen molar-refractivity contribution in [2.75, 3.05) is 0 Å². The highest BCUT2D eigenvalue weighted by atomic mass is 16.2. The van der Waals surface area contributed by atoms with Gasteiger partial charge in [0, 0.05) is 6.20 Å². The molecule has 0 aromatic carbocycles. The van der Waals surface area contributed by atoms with E-state index < -0.39 is 6.03 Å². The van der Waals surface area contributed by atoms with Gasteiger partial charge in [0.2, 0.25) is 5.91 Å². The highest BCUT2D eigenvalue weighted by Crippen LogP contribution is 2.18. The van der Waals surface area contributed by atoms with Crippen LogP contribution in [0.4, 0.5) is 4.79 Å². The molecule has 0 aliphatic carbocycles. The standard InChI is InChI=1S/C10H14N2O2/c1-7(2)8-5-3-4-6-12(9(8)13)10(11)14/h3-8H,1-2H3,(H2,11,14). The average molecular weight is 194 g/mol. The fraction of sp³-hybridized carbons (Fsp3) is 0.400. The summed E-state index contributed by atoms with van der Waals surface area (Å²) < 4.78 is 0. The maximum atomic E-state index is 11.8. The Labute approximate surface area is 83.1 Å². The van der Waals surface area contributed by atoms with Crippen molar-refractivity contribution in [3.05, 3.63) is 24.4 Å². The smallest absolute Gasteiger partial charge is 0.325 e. The van der Waals surface area contributed by atoms with E-state index in [-0.39, 0.29) is 17.7 Å². The van der Waals surface area contributed by atoms with Gasteiger partial charge in [0.05, 0.1) is 5.92 Å². The van der Waals surface area contributed by atoms with Crippen molar-refractivity contribution in [1.29, 1.82) is 0 Å². The summed E-state index contributed by atoms with van der Waals surface area (Å²) in [6, 6.07) is -0.736. The molecule has 3 amide bonds. The molecule has 1 rings (SSSR count). The Hall–Kier alpha value is -1.58. The Bertz CT molecular complexity index is 305. The molecule has 0 spiro atoms. The maximum Gasteiger partial charge on any atom is 0.325 e. The molecule has 0 aromatic rings. The predicted molar refractivity (Wildman–Crippen MR) is 53.0 cm³/mol. The van der Waals surface area contributed by atoms with Crippen LogP contribution >= 0.6 is 0 Å². The van der Waals surface area contributed by atoms with E-state index >= 15 is 0 Å². The quantitative estimate of drug-likeness (QED) is 0.682. The summed E-state index contributed by atoms with van der Waals surface area (Å²) in [5.74, 6) is -0.393. The summed E-state index contributed by atoms with van der Waals surface area (Å²) >= 11 is 0. The van der Waals surface area contributed by atoms with Crippen LogP contribution in [0.25, 0.3) is 0 Å². The van der Waals surface area contributed by atoms with Crippen molar-refractivity contribution in [2.24, 2.45) is 17.6 Å². The molecule has 4 heteroatoms. The van der Waals surface area contributed by atoms with Crippen molar-refractivity contribution in [3.63, 3.8) is 0 Å². The Kier molecular flexibility index (Phi) is 3.06. The summed E-state index contributed by atoms with van der Waals surface area (Å²) in [6.45, 7) is 3.86. The number of urea groups is 1. The monoisotopic (exact) mass is 194 g/mol. The van der Waals surface area contributed by atoms with Gasteiger partial charge in [0.1, 0.15) is 0 Å². The Morgan fingerprint density at radius 2 is 2.14 bits per heavy atom. The van der Waals surface area contributed by atoms with Crippen molar-refractivity contribution < 1.29 is 9.59 Å². The largest absolute Gasteiger partial charge is 0.351 e. The van der Waals surface area contributed by atoms with Crippen LogP contribution in [0.1, 0.15) is 13.8 Å². The molecule has 2 N–H and O–H groups in total. The van der Waals surface area contributed by atoms with Gasteiger partial charge >= 0.3 is 6.03 Å². The van der Waals surface area contributed by atoms with E-state index in [1.54, 1.807) is 18.2 Å². The highest BCUT2D eigenvalue weighted by Gasteiger charge is 2.27. The lowest BCUT2D eigenvalue weighted by Gasteiger charge is -2.20. The number of allylic oxidation sites excluding steroid dienone is 2. The summed E-state index contributed by atoms with van der Waals surface area (Å²) in [5.41, 5.74) is 5.08. The predicted octanol–water partition coefficient (Wildman–Crippen LogP) is 1.25. The van der Waals surface area contributed by atoms with Crippen LogP contribution in [0, 0.1) is 11.8 Å². The molecule has 1 heterocycles. The number of nitrogens with zero attached hydrogens (tertiary/aromatic N) is 1. The van der Waals surface area contributed by atoms with E-state index in [1.165, 1.54) is 6.20 Å². The molecule has 0 saturated carbocycles. The zero-order chi connectivity index (χ0) is 10.7. The van der Waals surface area contributed by atoms with Gasteiger partial charge in [-0.15, -0.1) is 0 Å². The molecule has 1 aliphatic rings. The number of carbonyl (C=O) groups excluding carboxylic acids is 2. The van der Waals surface area contributed by atoms with Crippen molar-refractivity contribution in [3.8, 4) is 0 Å². The summed E-state index contributed by atoms with van der Waals surface area (Å²) in [6.07, 6.45) is 6.56. The summed E-state index contributed by atoms with van der Waals surface area (Å²) in [5, 5.41) is 0. The van der Waals surface area contributed by atoms with E-state index in [9.17, 15) is 9.59 Å². The fourth-order valence-corrected chi connectivity index (χ4v) is 1.33. The first kappa shape index (κ1) is 10.5. The van der Waals surface area contributed by atoms with Crippen LogP contribution in [-0.4, -0.2) is 16.8 Å². The van der Waals surface area contributed by atoms with Crippen LogP contribution in [-0.2, 0) is 4.79 Å². The van der Waals surface area contributed by atoms with Gasteiger partial charge in [-0.3, -0.25) is 4.79 Å². The molecule has 0 aromatic heterocycles. The second-order valence-electron chi connectivity index (χ2n) is 3.54. The van der Waals surface area contributed by atoms with Crippen molar-refractivity contribution in [2.45, 2.75) is 13.8 Å². The van der Waals surface area contributed by atoms with Gasteiger partial charge in [-0.2, -0.15) is 0 Å². The lowest BCUT2D eigenvalue weighted by atomic mass is 9.94. The van der Waals surface area contributed by atoms with E-state index in [0.29, 0.717) is 0 Å². The number of hydrogen-bond donors (Lipinski definition) is 1. The Morgan fingerprint density at radius 3 is 2.64 bits per heavy atom. The maximum absolute atomic E-state index is 11.8. The topological polar surface area (TPSA) is 63.4 Å². The van der Waals surface area contributed by atoms with Crippen LogP contribution in [0.15, 0.2) is 24.4 Å². The minimum atomic E-state index is -0.736. The second kappa shape index (κ2) is 4.09. The van der Waals surface area contributed by atoms with Gasteiger partial charge in [-0.1, -0.05) is 26.0 Å². The van der Waals surface area contributed by atoms with Crippen LogP contribution in [0.2, 0.25) is 0 Å². The first-order valence-corrected chi connectivity index (χ1v) is 4.51. The molecular formula is C10H14N2O2. The number of nitrogens with two attached hydrogens (primary N) is 1. The van der Waals surface area contributed by atoms with Crippen LogP contribution in [0.3, 0.4) is 0 Å². The third-order valence-corrected chi connectivity index (χ3v) is 2.14. The van der Waals surface area contributed by atoms with Crippen molar-refractivity contribution in [1.82, 2.24) is 4.90 Å². The number of hydrogen-bond acceptors (Lipinski definition) is 2. The third-order valence-electron chi connectivity index (χ3n) is 2.14. The molecule has 0 bridgehead atoms. The van der Waals surface area contributed by atoms with E-state index in [4.69, 9.17) is 5.73 Å². The van der Waals surface area contributed by atoms with Crippen LogP contribution < -0.4 is 5.73 Å². The Balaban J connectivity index is 2.94. The molecule has 0 radical (unpaired) electrons. The molecule has 76 valence electrons. The van der Waals surface area contributed by atoms with Gasteiger partial charge in [-0.05, 0) is 12.0 Å². The highest BCUT2D eigenvalue weighted by molar-refractivity contribution is 5.97. The molecule has 0 fully saturated rings. The fourth-order valence-electron chi connectivity index (χ4n) is 1.33. The molecular weight excluding hydrogens is 180 g/mol. The first-order chi connectivity index (χ1) is 6.54. The van der Waals surface area contributed by atoms with E-state index in [2.05, 4.69) is 0 Å². The first-order valence-electron chi connectivity index (χ1n) is 4.51. The van der Waals surface area contributed by atoms with Gasteiger partial charge in [-0.25, -0.2) is 9.69 Å². The number of carbonyl (C=O) groups is 2. The van der Waals surface area contributed by atoms with Crippen LogP contribution in [0.5, 0.6) is 0 Å². The SMILES string of the molecule is CC(C)C1C=CC=CN(C(N)=O)C1=O. The number of primary amides is 1. The zero-order valence-electron chi connectivity index (χ0n) is 8.31. The number of rotatable bonds is 1. The summed E-state index contributed by atoms with van der Waals surface area (Å²) in [7, 11) is 0. The second-order valence-corrected chi connectivity index (χ2v) is 3.54. The minimum Gasteiger partial charge on any atom is -0.351 e. The summed E-state index contributed by atoms with van der Waals surface area (Å²) in [4.78, 5) is 23.6. The Morgan fingerprint density at radius 1 is 1.50 bits per heavy atom. The normalized spacial score (nSPS) is 21.5. The molecule has 14 heavy (non-hydrogen) atoms. The zero-order valence-corrected chi connectivity index (χ0v) is 8.31. The third kappa shape index (κ3) is 2.02. The van der Waals surface area contributed by atoms with E-state index in [0.717, 1.165) is 4.90 Å². The van der Waals surface area contributed by atoms with Gasteiger partial charge in [0.15, 0.2) is 0 Å².